The Hall–Kier alpha value is -3.02. The number of rotatable bonds is 11. The van der Waals surface area contributed by atoms with Crippen LogP contribution in [0.1, 0.15) is 38.8 Å². The Morgan fingerprint density at radius 2 is 0.967 bits per heavy atom. The van der Waals surface area contributed by atoms with Crippen LogP contribution in [0.4, 0.5) is 0 Å². The maximum absolute atomic E-state index is 5.78. The number of hydrogen-bond acceptors (Lipinski definition) is 6. The van der Waals surface area contributed by atoms with Crippen molar-refractivity contribution in [2.75, 3.05) is 27.4 Å². The SMILES string of the molecule is CON=C(c1ccc(OCCOc2ccc(C(=NOC)C(C)C)cc2)cc1)C(C)C. The minimum absolute atomic E-state index is 0.272. The molecule has 2 aromatic carbocycles. The molecule has 30 heavy (non-hydrogen) atoms. The summed E-state index contributed by atoms with van der Waals surface area (Å²) in [5, 5.41) is 8.22. The normalized spacial score (nSPS) is 12.3. The molecule has 0 unspecified atom stereocenters. The van der Waals surface area contributed by atoms with E-state index in [-0.39, 0.29) is 11.8 Å². The molecule has 0 fully saturated rings. The molecule has 0 radical (unpaired) electrons. The van der Waals surface area contributed by atoms with Crippen LogP contribution >= 0.6 is 0 Å². The zero-order valence-electron chi connectivity index (χ0n) is 18.7. The van der Waals surface area contributed by atoms with Crippen molar-refractivity contribution in [1.29, 1.82) is 0 Å². The standard InChI is InChI=1S/C24H32N2O4/c1-17(2)23(25-27-5)19-7-11-21(12-8-19)29-15-16-30-22-13-9-20(10-14-22)24(18(3)4)26-28-6/h7-14,17-18H,15-16H2,1-6H3. The van der Waals surface area contributed by atoms with Gasteiger partial charge in [0.05, 0.1) is 11.4 Å². The first kappa shape index (κ1) is 23.3. The molecule has 0 aliphatic carbocycles. The molecule has 0 bridgehead atoms. The van der Waals surface area contributed by atoms with E-state index >= 15 is 0 Å². The van der Waals surface area contributed by atoms with Gasteiger partial charge in [-0.05, 0) is 71.5 Å². The third-order valence-electron chi connectivity index (χ3n) is 4.39. The smallest absolute Gasteiger partial charge is 0.122 e. The molecule has 6 nitrogen and oxygen atoms in total. The molecule has 0 spiro atoms. The van der Waals surface area contributed by atoms with E-state index in [1.54, 1.807) is 14.2 Å². The molecule has 0 N–H and O–H groups in total. The Labute approximate surface area is 179 Å². The van der Waals surface area contributed by atoms with Crippen LogP contribution in [0.2, 0.25) is 0 Å². The van der Waals surface area contributed by atoms with E-state index in [1.807, 2.05) is 48.5 Å². The van der Waals surface area contributed by atoms with Gasteiger partial charge in [-0.25, -0.2) is 0 Å². The number of oxime groups is 2. The summed E-state index contributed by atoms with van der Waals surface area (Å²) < 4.78 is 11.6. The summed E-state index contributed by atoms with van der Waals surface area (Å²) in [5.41, 5.74) is 3.86. The van der Waals surface area contributed by atoms with Crippen LogP contribution < -0.4 is 9.47 Å². The molecule has 2 aromatic rings. The average molecular weight is 413 g/mol. The van der Waals surface area contributed by atoms with Crippen molar-refractivity contribution in [3.63, 3.8) is 0 Å². The zero-order chi connectivity index (χ0) is 21.9. The van der Waals surface area contributed by atoms with Gasteiger partial charge in [-0.1, -0.05) is 38.0 Å². The topological polar surface area (TPSA) is 61.6 Å². The van der Waals surface area contributed by atoms with Gasteiger partial charge >= 0.3 is 0 Å². The molecule has 0 saturated carbocycles. The first-order valence-corrected chi connectivity index (χ1v) is 10.1. The summed E-state index contributed by atoms with van der Waals surface area (Å²) in [4.78, 5) is 9.89. The number of nitrogens with zero attached hydrogens (tertiary/aromatic N) is 2. The summed E-state index contributed by atoms with van der Waals surface area (Å²) in [6.07, 6.45) is 0. The molecule has 0 saturated heterocycles. The van der Waals surface area contributed by atoms with E-state index in [1.165, 1.54) is 0 Å². The molecule has 0 heterocycles. The Morgan fingerprint density at radius 1 is 0.633 bits per heavy atom. The monoisotopic (exact) mass is 412 g/mol. The van der Waals surface area contributed by atoms with Crippen LogP contribution in [0.3, 0.4) is 0 Å². The summed E-state index contributed by atoms with van der Waals surface area (Å²) in [6.45, 7) is 9.24. The highest BCUT2D eigenvalue weighted by Crippen LogP contribution is 2.18. The molecule has 0 aromatic heterocycles. The fourth-order valence-corrected chi connectivity index (χ4v) is 2.94. The summed E-state index contributed by atoms with van der Waals surface area (Å²) in [7, 11) is 3.12. The van der Waals surface area contributed by atoms with Crippen molar-refractivity contribution in [3.8, 4) is 11.5 Å². The quantitative estimate of drug-likeness (QED) is 0.291. The molecular weight excluding hydrogens is 380 g/mol. The maximum Gasteiger partial charge on any atom is 0.122 e. The lowest BCUT2D eigenvalue weighted by atomic mass is 10.0. The van der Waals surface area contributed by atoms with Gasteiger partial charge in [-0.15, -0.1) is 0 Å². The van der Waals surface area contributed by atoms with Gasteiger partial charge in [0.15, 0.2) is 0 Å². The van der Waals surface area contributed by atoms with Gasteiger partial charge < -0.3 is 19.1 Å². The molecule has 0 aliphatic heterocycles. The van der Waals surface area contributed by atoms with Crippen LogP contribution in [0, 0.1) is 11.8 Å². The first-order valence-electron chi connectivity index (χ1n) is 10.1. The van der Waals surface area contributed by atoms with Gasteiger partial charge in [0.1, 0.15) is 38.9 Å². The first-order chi connectivity index (χ1) is 14.5. The molecule has 0 amide bonds. The second-order valence-corrected chi connectivity index (χ2v) is 7.37. The van der Waals surface area contributed by atoms with E-state index in [0.29, 0.717) is 13.2 Å². The predicted molar refractivity (Wildman–Crippen MR) is 121 cm³/mol. The molecule has 0 atom stereocenters. The summed E-state index contributed by atoms with van der Waals surface area (Å²) in [5.74, 6) is 2.12. The highest BCUT2D eigenvalue weighted by molar-refractivity contribution is 6.02. The van der Waals surface area contributed by atoms with E-state index < -0.39 is 0 Å². The van der Waals surface area contributed by atoms with Crippen molar-refractivity contribution in [2.45, 2.75) is 27.7 Å². The molecular formula is C24H32N2O4. The van der Waals surface area contributed by atoms with Crippen molar-refractivity contribution in [3.05, 3.63) is 59.7 Å². The van der Waals surface area contributed by atoms with Gasteiger partial charge in [0.25, 0.3) is 0 Å². The molecule has 2 rings (SSSR count). The number of hydrogen-bond donors (Lipinski definition) is 0. The minimum atomic E-state index is 0.272. The lowest BCUT2D eigenvalue weighted by Gasteiger charge is -2.12. The van der Waals surface area contributed by atoms with E-state index in [4.69, 9.17) is 19.1 Å². The van der Waals surface area contributed by atoms with Crippen LogP contribution in [0.15, 0.2) is 58.8 Å². The Balaban J connectivity index is 1.85. The summed E-state index contributed by atoms with van der Waals surface area (Å²) >= 11 is 0. The van der Waals surface area contributed by atoms with Crippen molar-refractivity contribution in [2.24, 2.45) is 22.1 Å². The fourth-order valence-electron chi connectivity index (χ4n) is 2.94. The van der Waals surface area contributed by atoms with Crippen LogP contribution in [-0.2, 0) is 9.68 Å². The highest BCUT2D eigenvalue weighted by atomic mass is 16.6. The van der Waals surface area contributed by atoms with E-state index in [0.717, 1.165) is 34.0 Å². The molecule has 6 heteroatoms. The van der Waals surface area contributed by atoms with E-state index in [9.17, 15) is 0 Å². The van der Waals surface area contributed by atoms with E-state index in [2.05, 4.69) is 38.0 Å². The van der Waals surface area contributed by atoms with Crippen LogP contribution in [0.5, 0.6) is 11.5 Å². The highest BCUT2D eigenvalue weighted by Gasteiger charge is 2.10. The lowest BCUT2D eigenvalue weighted by Crippen LogP contribution is -2.11. The van der Waals surface area contributed by atoms with Crippen LogP contribution in [-0.4, -0.2) is 38.9 Å². The zero-order valence-corrected chi connectivity index (χ0v) is 18.7. The largest absolute Gasteiger partial charge is 0.490 e. The Kier molecular flexibility index (Phi) is 9.19. The Bertz CT molecular complexity index is 754. The van der Waals surface area contributed by atoms with Gasteiger partial charge in [-0.2, -0.15) is 0 Å². The number of ether oxygens (including phenoxy) is 2. The fraction of sp³-hybridized carbons (Fsp3) is 0.417. The summed E-state index contributed by atoms with van der Waals surface area (Å²) in [6, 6.07) is 15.7. The lowest BCUT2D eigenvalue weighted by molar-refractivity contribution is 0.211. The molecule has 162 valence electrons. The van der Waals surface area contributed by atoms with Crippen molar-refractivity contribution < 1.29 is 19.1 Å². The third-order valence-corrected chi connectivity index (χ3v) is 4.39. The van der Waals surface area contributed by atoms with Crippen LogP contribution in [0.25, 0.3) is 0 Å². The third kappa shape index (κ3) is 6.79. The second kappa shape index (κ2) is 11.9. The van der Waals surface area contributed by atoms with Gasteiger partial charge in [0.2, 0.25) is 0 Å². The minimum Gasteiger partial charge on any atom is -0.490 e. The predicted octanol–water partition coefficient (Wildman–Crippen LogP) is 5.16. The number of benzene rings is 2. The molecule has 0 aliphatic rings. The van der Waals surface area contributed by atoms with Gasteiger partial charge in [-0.3, -0.25) is 0 Å². The Morgan fingerprint density at radius 3 is 1.23 bits per heavy atom. The van der Waals surface area contributed by atoms with Crippen molar-refractivity contribution >= 4 is 11.4 Å². The van der Waals surface area contributed by atoms with Crippen molar-refractivity contribution in [1.82, 2.24) is 0 Å². The maximum atomic E-state index is 5.78. The second-order valence-electron chi connectivity index (χ2n) is 7.37. The average Bonchev–Trinajstić information content (AvgIpc) is 2.74. The van der Waals surface area contributed by atoms with Gasteiger partial charge in [0, 0.05) is 0 Å².